The minimum atomic E-state index is -0.223. The van der Waals surface area contributed by atoms with Crippen molar-refractivity contribution in [1.82, 2.24) is 9.97 Å². The van der Waals surface area contributed by atoms with Crippen LogP contribution < -0.4 is 10.9 Å². The van der Waals surface area contributed by atoms with Gasteiger partial charge < -0.3 is 15.4 Å². The molecule has 1 fully saturated rings. The summed E-state index contributed by atoms with van der Waals surface area (Å²) < 4.78 is 0. The van der Waals surface area contributed by atoms with Gasteiger partial charge in [-0.2, -0.15) is 0 Å². The van der Waals surface area contributed by atoms with Crippen molar-refractivity contribution < 1.29 is 5.11 Å². The summed E-state index contributed by atoms with van der Waals surface area (Å²) in [4.78, 5) is 18.0. The van der Waals surface area contributed by atoms with Crippen LogP contribution in [0.25, 0.3) is 0 Å². The zero-order chi connectivity index (χ0) is 12.3. The maximum absolute atomic E-state index is 11.2. The van der Waals surface area contributed by atoms with Gasteiger partial charge in [0, 0.05) is 18.5 Å². The number of H-pyrrole nitrogens is 1. The highest BCUT2D eigenvalue weighted by molar-refractivity contribution is 5.32. The molecule has 0 aromatic carbocycles. The molecule has 0 amide bonds. The summed E-state index contributed by atoms with van der Waals surface area (Å²) in [5.41, 5.74) is -0.149. The van der Waals surface area contributed by atoms with Crippen molar-refractivity contribution in [1.29, 1.82) is 0 Å². The Kier molecular flexibility index (Phi) is 3.78. The molecule has 5 heteroatoms. The van der Waals surface area contributed by atoms with Crippen molar-refractivity contribution in [3.8, 4) is 0 Å². The molecule has 2 atom stereocenters. The van der Waals surface area contributed by atoms with E-state index in [0.717, 1.165) is 19.3 Å². The van der Waals surface area contributed by atoms with Crippen molar-refractivity contribution in [3.05, 3.63) is 22.2 Å². The molecule has 1 aliphatic rings. The van der Waals surface area contributed by atoms with Gasteiger partial charge in [0.2, 0.25) is 0 Å². The fourth-order valence-corrected chi connectivity index (χ4v) is 2.33. The Labute approximate surface area is 100 Å². The molecule has 0 saturated heterocycles. The van der Waals surface area contributed by atoms with Crippen LogP contribution in [-0.4, -0.2) is 27.7 Å². The number of aromatic amines is 1. The van der Waals surface area contributed by atoms with E-state index in [9.17, 15) is 9.90 Å². The molecule has 3 N–H and O–H groups in total. The van der Waals surface area contributed by atoms with E-state index in [1.807, 2.05) is 0 Å². The van der Waals surface area contributed by atoms with Gasteiger partial charge in [-0.1, -0.05) is 12.8 Å². The van der Waals surface area contributed by atoms with Gasteiger partial charge in [0.25, 0.3) is 5.56 Å². The van der Waals surface area contributed by atoms with E-state index in [1.54, 1.807) is 6.92 Å². The van der Waals surface area contributed by atoms with E-state index in [4.69, 9.17) is 0 Å². The molecule has 94 valence electrons. The molecular weight excluding hydrogens is 218 g/mol. The maximum Gasteiger partial charge on any atom is 0.252 e. The Morgan fingerprint density at radius 3 is 3.00 bits per heavy atom. The van der Waals surface area contributed by atoms with Gasteiger partial charge in [0.05, 0.1) is 6.10 Å². The molecule has 17 heavy (non-hydrogen) atoms. The first-order valence-electron chi connectivity index (χ1n) is 6.15. The molecule has 5 nitrogen and oxygen atoms in total. The second kappa shape index (κ2) is 5.31. The monoisotopic (exact) mass is 237 g/mol. The smallest absolute Gasteiger partial charge is 0.252 e. The van der Waals surface area contributed by atoms with Crippen molar-refractivity contribution in [2.75, 3.05) is 11.9 Å². The fraction of sp³-hybridized carbons (Fsp3) is 0.667. The van der Waals surface area contributed by atoms with Crippen LogP contribution in [0.5, 0.6) is 0 Å². The molecule has 1 heterocycles. The molecule has 1 aromatic heterocycles. The van der Waals surface area contributed by atoms with Gasteiger partial charge in [0.15, 0.2) is 0 Å². The number of nitrogens with zero attached hydrogens (tertiary/aromatic N) is 1. The van der Waals surface area contributed by atoms with Gasteiger partial charge in [0.1, 0.15) is 11.6 Å². The van der Waals surface area contributed by atoms with Crippen molar-refractivity contribution in [2.24, 2.45) is 5.92 Å². The van der Waals surface area contributed by atoms with Crippen LogP contribution in [0.4, 0.5) is 5.82 Å². The number of anilines is 1. The van der Waals surface area contributed by atoms with Crippen LogP contribution >= 0.6 is 0 Å². The summed E-state index contributed by atoms with van der Waals surface area (Å²) in [6.07, 6.45) is 3.98. The van der Waals surface area contributed by atoms with Gasteiger partial charge in [-0.05, 0) is 19.8 Å². The minimum absolute atomic E-state index is 0.149. The van der Waals surface area contributed by atoms with E-state index >= 15 is 0 Å². The second-order valence-electron chi connectivity index (χ2n) is 4.71. The summed E-state index contributed by atoms with van der Waals surface area (Å²) in [6.45, 7) is 2.43. The number of nitrogens with one attached hydrogen (secondary N) is 2. The van der Waals surface area contributed by atoms with Gasteiger partial charge in [-0.25, -0.2) is 4.98 Å². The van der Waals surface area contributed by atoms with Gasteiger partial charge in [-0.15, -0.1) is 0 Å². The molecule has 0 bridgehead atoms. The maximum atomic E-state index is 11.2. The number of aliphatic hydroxyl groups excluding tert-OH is 1. The van der Waals surface area contributed by atoms with Crippen molar-refractivity contribution >= 4 is 5.82 Å². The lowest BCUT2D eigenvalue weighted by Gasteiger charge is -2.27. The number of aliphatic hydroxyl groups is 1. The number of aryl methyl sites for hydroxylation is 1. The molecule has 0 spiro atoms. The third-order valence-corrected chi connectivity index (χ3v) is 3.27. The summed E-state index contributed by atoms with van der Waals surface area (Å²) >= 11 is 0. The number of aromatic nitrogens is 2. The Bertz CT molecular complexity index is 430. The van der Waals surface area contributed by atoms with Crippen LogP contribution in [0.2, 0.25) is 0 Å². The molecular formula is C12H19N3O2. The highest BCUT2D eigenvalue weighted by atomic mass is 16.3. The fourth-order valence-electron chi connectivity index (χ4n) is 2.33. The van der Waals surface area contributed by atoms with E-state index in [-0.39, 0.29) is 17.6 Å². The molecule has 1 saturated carbocycles. The quantitative estimate of drug-likeness (QED) is 0.734. The third-order valence-electron chi connectivity index (χ3n) is 3.27. The van der Waals surface area contributed by atoms with Crippen LogP contribution in [0.15, 0.2) is 10.9 Å². The first-order valence-corrected chi connectivity index (χ1v) is 6.15. The lowest BCUT2D eigenvalue weighted by Crippen LogP contribution is -2.30. The third kappa shape index (κ3) is 3.30. The topological polar surface area (TPSA) is 78.0 Å². The molecule has 2 unspecified atom stereocenters. The largest absolute Gasteiger partial charge is 0.393 e. The zero-order valence-corrected chi connectivity index (χ0v) is 10.1. The van der Waals surface area contributed by atoms with Gasteiger partial charge in [-0.3, -0.25) is 4.79 Å². The first-order chi connectivity index (χ1) is 8.15. The van der Waals surface area contributed by atoms with Crippen LogP contribution in [0.3, 0.4) is 0 Å². The SMILES string of the molecule is Cc1nc(NCC2CCCCC2O)cc(=O)[nH]1. The van der Waals surface area contributed by atoms with Gasteiger partial charge >= 0.3 is 0 Å². The Morgan fingerprint density at radius 1 is 1.53 bits per heavy atom. The minimum Gasteiger partial charge on any atom is -0.393 e. The Morgan fingerprint density at radius 2 is 2.29 bits per heavy atom. The lowest BCUT2D eigenvalue weighted by molar-refractivity contribution is 0.0763. The summed E-state index contributed by atoms with van der Waals surface area (Å²) in [6, 6.07) is 1.45. The summed E-state index contributed by atoms with van der Waals surface area (Å²) in [5, 5.41) is 13.0. The first kappa shape index (κ1) is 12.1. The standard InChI is InChI=1S/C12H19N3O2/c1-8-14-11(6-12(17)15-8)13-7-9-4-2-3-5-10(9)16/h6,9-10,16H,2-5,7H2,1H3,(H2,13,14,15,17). The predicted molar refractivity (Wildman–Crippen MR) is 66.0 cm³/mol. The Balaban J connectivity index is 1.94. The lowest BCUT2D eigenvalue weighted by atomic mass is 9.86. The molecule has 0 aliphatic heterocycles. The highest BCUT2D eigenvalue weighted by Crippen LogP contribution is 2.24. The number of hydrogen-bond donors (Lipinski definition) is 3. The summed E-state index contributed by atoms with van der Waals surface area (Å²) in [5.74, 6) is 1.46. The normalized spacial score (nSPS) is 24.6. The van der Waals surface area contributed by atoms with Crippen molar-refractivity contribution in [3.63, 3.8) is 0 Å². The average Bonchev–Trinajstić information content (AvgIpc) is 2.27. The summed E-state index contributed by atoms with van der Waals surface area (Å²) in [7, 11) is 0. The Hall–Kier alpha value is -1.36. The van der Waals surface area contributed by atoms with E-state index < -0.39 is 0 Å². The predicted octanol–water partition coefficient (Wildman–Crippen LogP) is 1.04. The van der Waals surface area contributed by atoms with Crippen LogP contribution in [0.1, 0.15) is 31.5 Å². The van der Waals surface area contributed by atoms with E-state index in [0.29, 0.717) is 18.2 Å². The van der Waals surface area contributed by atoms with Crippen LogP contribution in [0, 0.1) is 12.8 Å². The van der Waals surface area contributed by atoms with E-state index in [1.165, 1.54) is 12.5 Å². The van der Waals surface area contributed by atoms with Crippen molar-refractivity contribution in [2.45, 2.75) is 38.7 Å². The number of hydrogen-bond acceptors (Lipinski definition) is 4. The molecule has 0 radical (unpaired) electrons. The second-order valence-corrected chi connectivity index (χ2v) is 4.71. The van der Waals surface area contributed by atoms with Crippen LogP contribution in [-0.2, 0) is 0 Å². The number of rotatable bonds is 3. The van der Waals surface area contributed by atoms with E-state index in [2.05, 4.69) is 15.3 Å². The average molecular weight is 237 g/mol. The molecule has 2 rings (SSSR count). The zero-order valence-electron chi connectivity index (χ0n) is 10.1. The highest BCUT2D eigenvalue weighted by Gasteiger charge is 2.22. The molecule has 1 aliphatic carbocycles. The molecule has 1 aromatic rings.